The lowest BCUT2D eigenvalue weighted by molar-refractivity contribution is -0.153. The van der Waals surface area contributed by atoms with Crippen molar-refractivity contribution in [2.45, 2.75) is 31.4 Å². The van der Waals surface area contributed by atoms with Gasteiger partial charge in [-0.3, -0.25) is 24.3 Å². The maximum atomic E-state index is 13.5. The Labute approximate surface area is 177 Å². The molecule has 0 aliphatic heterocycles. The number of ketones is 2. The van der Waals surface area contributed by atoms with E-state index in [-0.39, 0.29) is 35.4 Å². The van der Waals surface area contributed by atoms with Gasteiger partial charge in [0.2, 0.25) is 5.78 Å². The first-order valence-electron chi connectivity index (χ1n) is 9.75. The number of carbonyl (C=O) groups is 3. The Bertz CT molecular complexity index is 1120. The summed E-state index contributed by atoms with van der Waals surface area (Å²) in [5.41, 5.74) is 2.47. The van der Waals surface area contributed by atoms with Gasteiger partial charge in [0.05, 0.1) is 17.3 Å². The number of carbonyl (C=O) groups excluding carboxylic acids is 3. The number of rotatable bonds is 2. The van der Waals surface area contributed by atoms with Gasteiger partial charge in [0.25, 0.3) is 5.91 Å². The van der Waals surface area contributed by atoms with Crippen molar-refractivity contribution < 1.29 is 34.8 Å². The van der Waals surface area contributed by atoms with Crippen LogP contribution in [0.4, 0.5) is 0 Å². The number of primary amides is 1. The van der Waals surface area contributed by atoms with Gasteiger partial charge in [-0.2, -0.15) is 0 Å². The predicted molar refractivity (Wildman–Crippen MR) is 107 cm³/mol. The number of fused-ring (bicyclic) bond motifs is 3. The van der Waals surface area contributed by atoms with Gasteiger partial charge in [-0.1, -0.05) is 0 Å². The minimum Gasteiger partial charge on any atom is -0.508 e. The Morgan fingerprint density at radius 2 is 1.90 bits per heavy atom. The molecule has 0 radical (unpaired) electrons. The minimum absolute atomic E-state index is 0.0452. The van der Waals surface area contributed by atoms with Crippen LogP contribution < -0.4 is 5.73 Å². The molecule has 1 heterocycles. The van der Waals surface area contributed by atoms with Crippen LogP contribution in [-0.4, -0.2) is 73.5 Å². The van der Waals surface area contributed by atoms with E-state index in [1.54, 1.807) is 14.1 Å². The summed E-state index contributed by atoms with van der Waals surface area (Å²) >= 11 is 0. The molecule has 31 heavy (non-hydrogen) atoms. The molecule has 0 spiro atoms. The number of hydrogen-bond acceptors (Lipinski definition) is 9. The fourth-order valence-corrected chi connectivity index (χ4v) is 5.20. The first-order valence-corrected chi connectivity index (χ1v) is 9.75. The average Bonchev–Trinajstić information content (AvgIpc) is 2.67. The summed E-state index contributed by atoms with van der Waals surface area (Å²) in [5.74, 6) is -6.64. The minimum atomic E-state index is -2.62. The molecule has 0 unspecified atom stereocenters. The summed E-state index contributed by atoms with van der Waals surface area (Å²) in [6.07, 6.45) is 1.79. The van der Waals surface area contributed by atoms with Gasteiger partial charge in [-0.25, -0.2) is 0 Å². The molecule has 6 N–H and O–H groups in total. The van der Waals surface area contributed by atoms with Crippen molar-refractivity contribution >= 4 is 23.2 Å². The lowest BCUT2D eigenvalue weighted by Crippen LogP contribution is -2.65. The van der Waals surface area contributed by atoms with Crippen LogP contribution in [0.2, 0.25) is 0 Å². The van der Waals surface area contributed by atoms with Gasteiger partial charge in [0, 0.05) is 17.7 Å². The van der Waals surface area contributed by atoms with E-state index >= 15 is 0 Å². The van der Waals surface area contributed by atoms with Crippen molar-refractivity contribution in [3.8, 4) is 5.75 Å². The Balaban J connectivity index is 1.98. The molecule has 1 amide bonds. The topological polar surface area (TPSA) is 174 Å². The normalized spacial score (nSPS) is 30.3. The smallest absolute Gasteiger partial charge is 0.255 e. The van der Waals surface area contributed by atoms with E-state index in [1.807, 2.05) is 0 Å². The van der Waals surface area contributed by atoms with Crippen molar-refractivity contribution in [3.63, 3.8) is 0 Å². The molecular formula is C21H23N3O7. The third-order valence-corrected chi connectivity index (χ3v) is 6.64. The largest absolute Gasteiger partial charge is 0.508 e. The van der Waals surface area contributed by atoms with Gasteiger partial charge in [-0.15, -0.1) is 0 Å². The SMILES string of the molecule is Cc1ncc2c(c1O)C(O)=C1C(=O)[C@]3(O)C(O)=C(C(N)=O)C(=O)[C@@H](N(C)C)[C@@H]3C[C@@H]1C2. The number of nitrogens with two attached hydrogens (primary N) is 1. The molecule has 1 fully saturated rings. The van der Waals surface area contributed by atoms with E-state index in [9.17, 15) is 34.8 Å². The van der Waals surface area contributed by atoms with Crippen molar-refractivity contribution in [2.75, 3.05) is 14.1 Å². The van der Waals surface area contributed by atoms with Gasteiger partial charge < -0.3 is 26.2 Å². The molecule has 1 saturated carbocycles. The van der Waals surface area contributed by atoms with E-state index in [4.69, 9.17) is 5.73 Å². The van der Waals surface area contributed by atoms with Crippen LogP contribution in [0.3, 0.4) is 0 Å². The van der Waals surface area contributed by atoms with Gasteiger partial charge in [0.15, 0.2) is 11.4 Å². The predicted octanol–water partition coefficient (Wildman–Crippen LogP) is -0.333. The highest BCUT2D eigenvalue weighted by Gasteiger charge is 2.64. The van der Waals surface area contributed by atoms with E-state index in [0.29, 0.717) is 5.56 Å². The van der Waals surface area contributed by atoms with E-state index in [0.717, 1.165) is 0 Å². The summed E-state index contributed by atoms with van der Waals surface area (Å²) in [6, 6.07) is -1.10. The van der Waals surface area contributed by atoms with E-state index in [1.165, 1.54) is 18.0 Å². The lowest BCUT2D eigenvalue weighted by Gasteiger charge is -2.50. The average molecular weight is 429 g/mol. The van der Waals surface area contributed by atoms with Crippen LogP contribution in [0, 0.1) is 18.8 Å². The van der Waals surface area contributed by atoms with Gasteiger partial charge in [0.1, 0.15) is 22.8 Å². The summed E-state index contributed by atoms with van der Waals surface area (Å²) in [4.78, 5) is 43.9. The van der Waals surface area contributed by atoms with Gasteiger partial charge in [-0.05, 0) is 45.3 Å². The quantitative estimate of drug-likeness (QED) is 0.394. The molecule has 1 aromatic rings. The van der Waals surface area contributed by atoms with Crippen LogP contribution in [0.5, 0.6) is 5.75 Å². The molecule has 0 aromatic carbocycles. The third-order valence-electron chi connectivity index (χ3n) is 6.64. The lowest BCUT2D eigenvalue weighted by atomic mass is 9.57. The number of likely N-dealkylation sites (N-methyl/N-ethyl adjacent to an activating group) is 1. The summed E-state index contributed by atoms with van der Waals surface area (Å²) in [7, 11) is 3.11. The number of Topliss-reactive ketones (excluding diaryl/α,β-unsaturated/α-hetero) is 2. The standard InChI is InChI=1S/C21H23N3O7/c1-7-15(25)11-9(6-23-7)4-8-5-10-14(24(2)3)17(27)13(20(22)30)19(29)21(10,31)18(28)12(8)16(11)26/h6,8,10,14,25-26,29,31H,4-5H2,1-3H3,(H2,22,30)/t8-,10-,14-,21-/m0/s1. The summed E-state index contributed by atoms with van der Waals surface area (Å²) in [6.45, 7) is 1.54. The maximum Gasteiger partial charge on any atom is 0.255 e. The number of aliphatic hydroxyl groups is 3. The highest BCUT2D eigenvalue weighted by atomic mass is 16.3. The number of aryl methyl sites for hydroxylation is 1. The molecule has 10 heteroatoms. The van der Waals surface area contributed by atoms with Crippen LogP contribution in [-0.2, 0) is 20.8 Å². The van der Waals surface area contributed by atoms with Crippen LogP contribution in [0.15, 0.2) is 23.1 Å². The second-order valence-electron chi connectivity index (χ2n) is 8.55. The van der Waals surface area contributed by atoms with Crippen LogP contribution >= 0.6 is 0 Å². The molecule has 0 bridgehead atoms. The highest BCUT2D eigenvalue weighted by Crippen LogP contribution is 2.52. The van der Waals surface area contributed by atoms with Crippen molar-refractivity contribution in [3.05, 3.63) is 39.9 Å². The van der Waals surface area contributed by atoms with E-state index in [2.05, 4.69) is 4.98 Å². The Kier molecular flexibility index (Phi) is 4.49. The van der Waals surface area contributed by atoms with Crippen molar-refractivity contribution in [1.82, 2.24) is 9.88 Å². The molecule has 0 saturated heterocycles. The maximum absolute atomic E-state index is 13.5. The second kappa shape index (κ2) is 6.63. The molecule has 1 aromatic heterocycles. The molecule has 3 aliphatic rings. The van der Waals surface area contributed by atoms with Crippen LogP contribution in [0.25, 0.3) is 5.76 Å². The zero-order chi connectivity index (χ0) is 23.0. The van der Waals surface area contributed by atoms with Crippen LogP contribution in [0.1, 0.15) is 23.2 Å². The fourth-order valence-electron chi connectivity index (χ4n) is 5.20. The Morgan fingerprint density at radius 1 is 1.26 bits per heavy atom. The molecule has 3 aliphatic carbocycles. The monoisotopic (exact) mass is 429 g/mol. The molecule has 4 rings (SSSR count). The number of nitrogens with zero attached hydrogens (tertiary/aromatic N) is 2. The third kappa shape index (κ3) is 2.58. The number of aliphatic hydroxyl groups excluding tert-OH is 2. The number of amides is 1. The zero-order valence-corrected chi connectivity index (χ0v) is 17.2. The van der Waals surface area contributed by atoms with Crippen molar-refractivity contribution in [1.29, 1.82) is 0 Å². The fraction of sp³-hybridized carbons (Fsp3) is 0.429. The number of aromatic nitrogens is 1. The number of hydrogen-bond donors (Lipinski definition) is 5. The Morgan fingerprint density at radius 3 is 2.48 bits per heavy atom. The van der Waals surface area contributed by atoms with Crippen molar-refractivity contribution in [2.24, 2.45) is 17.6 Å². The summed E-state index contributed by atoms with van der Waals surface area (Å²) in [5, 5.41) is 43.5. The highest BCUT2D eigenvalue weighted by molar-refractivity contribution is 6.24. The van der Waals surface area contributed by atoms with E-state index < -0.39 is 58.0 Å². The molecule has 10 nitrogen and oxygen atoms in total. The number of pyridine rings is 1. The first-order chi connectivity index (χ1) is 14.4. The number of aromatic hydroxyl groups is 1. The molecule has 4 atom stereocenters. The first kappa shape index (κ1) is 21.0. The molecule has 164 valence electrons. The molecular weight excluding hydrogens is 406 g/mol. The Hall–Kier alpha value is -3.24. The zero-order valence-electron chi connectivity index (χ0n) is 17.2. The van der Waals surface area contributed by atoms with Gasteiger partial charge >= 0.3 is 0 Å². The second-order valence-corrected chi connectivity index (χ2v) is 8.55. The summed E-state index contributed by atoms with van der Waals surface area (Å²) < 4.78 is 0.